The van der Waals surface area contributed by atoms with E-state index in [1.54, 1.807) is 19.2 Å². The monoisotopic (exact) mass is 269 g/mol. The highest BCUT2D eigenvalue weighted by atomic mass is 79.9. The van der Waals surface area contributed by atoms with Crippen LogP contribution in [-0.2, 0) is 0 Å². The van der Waals surface area contributed by atoms with Crippen LogP contribution in [0.15, 0.2) is 35.1 Å². The van der Waals surface area contributed by atoms with Crippen LogP contribution < -0.4 is 9.58 Å². The molecule has 2 aromatic rings. The summed E-state index contributed by atoms with van der Waals surface area (Å²) in [5.41, 5.74) is 0.598. The Morgan fingerprint density at radius 3 is 2.80 bits per heavy atom. The van der Waals surface area contributed by atoms with Gasteiger partial charge in [0.1, 0.15) is 5.75 Å². The SMILES string of the molecule is COc1ccccc1-n1ncc(Br)[n+]1[O-]. The fourth-order valence-corrected chi connectivity index (χ4v) is 1.49. The third-order valence-electron chi connectivity index (χ3n) is 1.93. The van der Waals surface area contributed by atoms with Gasteiger partial charge in [-0.3, -0.25) is 0 Å². The molecule has 0 bridgehead atoms. The predicted molar refractivity (Wildman–Crippen MR) is 56.8 cm³/mol. The Kier molecular flexibility index (Phi) is 2.59. The van der Waals surface area contributed by atoms with Crippen LogP contribution in [0.2, 0.25) is 0 Å². The van der Waals surface area contributed by atoms with E-state index in [9.17, 15) is 5.21 Å². The first-order valence-corrected chi connectivity index (χ1v) is 5.00. The lowest BCUT2D eigenvalue weighted by atomic mass is 10.3. The van der Waals surface area contributed by atoms with Crippen LogP contribution in [0, 0.1) is 5.21 Å². The van der Waals surface area contributed by atoms with Crippen molar-refractivity contribution in [2.45, 2.75) is 0 Å². The molecule has 6 heteroatoms. The average Bonchev–Trinajstić information content (AvgIpc) is 2.60. The molecule has 0 spiro atoms. The molecule has 0 radical (unpaired) electrons. The van der Waals surface area contributed by atoms with Crippen molar-refractivity contribution in [2.24, 2.45) is 0 Å². The van der Waals surface area contributed by atoms with Crippen molar-refractivity contribution in [3.05, 3.63) is 40.3 Å². The van der Waals surface area contributed by atoms with Gasteiger partial charge in [0.2, 0.25) is 10.8 Å². The zero-order valence-corrected chi connectivity index (χ0v) is 9.51. The third-order valence-corrected chi connectivity index (χ3v) is 2.44. The lowest BCUT2D eigenvalue weighted by Gasteiger charge is -2.07. The standard InChI is InChI=1S/C9H8BrN3O2/c1-15-8-5-3-2-4-7(8)12-11-6-9(10)13(12)14/h2-6H,1H3. The molecule has 1 aromatic carbocycles. The molecule has 78 valence electrons. The fourth-order valence-electron chi connectivity index (χ4n) is 1.24. The molecule has 15 heavy (non-hydrogen) atoms. The molecule has 1 heterocycles. The summed E-state index contributed by atoms with van der Waals surface area (Å²) in [6, 6.07) is 7.17. The molecule has 0 aliphatic heterocycles. The van der Waals surface area contributed by atoms with E-state index in [1.165, 1.54) is 11.0 Å². The molecule has 0 N–H and O–H groups in total. The van der Waals surface area contributed by atoms with E-state index in [0.717, 1.165) is 0 Å². The molecule has 0 atom stereocenters. The van der Waals surface area contributed by atoms with Crippen LogP contribution >= 0.6 is 15.9 Å². The van der Waals surface area contributed by atoms with Gasteiger partial charge in [-0.25, -0.2) is 0 Å². The van der Waals surface area contributed by atoms with Gasteiger partial charge >= 0.3 is 0 Å². The van der Waals surface area contributed by atoms with Crippen LogP contribution in [0.25, 0.3) is 5.69 Å². The maximum atomic E-state index is 11.6. The topological polar surface area (TPSA) is 54.0 Å². The van der Waals surface area contributed by atoms with E-state index in [1.807, 2.05) is 12.1 Å². The van der Waals surface area contributed by atoms with Gasteiger partial charge in [-0.1, -0.05) is 12.1 Å². The highest BCUT2D eigenvalue weighted by Crippen LogP contribution is 2.20. The molecule has 0 aliphatic rings. The minimum Gasteiger partial charge on any atom is -0.691 e. The normalized spacial score (nSPS) is 10.3. The lowest BCUT2D eigenvalue weighted by molar-refractivity contribution is -0.698. The summed E-state index contributed by atoms with van der Waals surface area (Å²) in [6.07, 6.45) is 1.43. The van der Waals surface area contributed by atoms with Crippen molar-refractivity contribution in [1.82, 2.24) is 9.90 Å². The van der Waals surface area contributed by atoms with E-state index in [4.69, 9.17) is 4.74 Å². The van der Waals surface area contributed by atoms with E-state index < -0.39 is 0 Å². The fraction of sp³-hybridized carbons (Fsp3) is 0.111. The number of ether oxygens (including phenoxy) is 1. The molecule has 0 amide bonds. The first kappa shape index (κ1) is 9.97. The van der Waals surface area contributed by atoms with Gasteiger partial charge in [-0.05, 0) is 16.9 Å². The van der Waals surface area contributed by atoms with E-state index >= 15 is 0 Å². The quantitative estimate of drug-likeness (QED) is 0.610. The van der Waals surface area contributed by atoms with Gasteiger partial charge in [0, 0.05) is 21.0 Å². The molecule has 0 saturated carbocycles. The Hall–Kier alpha value is -1.56. The number of rotatable bonds is 2. The highest BCUT2D eigenvalue weighted by Gasteiger charge is 2.15. The molecular weight excluding hydrogens is 262 g/mol. The number of halogens is 1. The van der Waals surface area contributed by atoms with Crippen molar-refractivity contribution in [2.75, 3.05) is 7.11 Å². The zero-order chi connectivity index (χ0) is 10.8. The maximum Gasteiger partial charge on any atom is 0.240 e. The number of hydrogen-bond acceptors (Lipinski definition) is 3. The minimum atomic E-state index is 0.355. The van der Waals surface area contributed by atoms with E-state index in [-0.39, 0.29) is 0 Å². The summed E-state index contributed by atoms with van der Waals surface area (Å²) in [7, 11) is 1.55. The molecule has 0 unspecified atom stereocenters. The minimum absolute atomic E-state index is 0.355. The van der Waals surface area contributed by atoms with Crippen LogP contribution in [0.5, 0.6) is 5.75 Å². The summed E-state index contributed by atoms with van der Waals surface area (Å²) in [5.74, 6) is 0.595. The molecule has 0 aliphatic carbocycles. The second-order valence-electron chi connectivity index (χ2n) is 2.80. The molecular formula is C9H8BrN3O2. The van der Waals surface area contributed by atoms with E-state index in [0.29, 0.717) is 20.9 Å². The number of nitrogens with zero attached hydrogens (tertiary/aromatic N) is 3. The molecule has 0 fully saturated rings. The summed E-state index contributed by atoms with van der Waals surface area (Å²) in [4.78, 5) is 1.85. The number of hydrogen-bond donors (Lipinski definition) is 0. The highest BCUT2D eigenvalue weighted by molar-refractivity contribution is 9.10. The second kappa shape index (κ2) is 3.90. The predicted octanol–water partition coefficient (Wildman–Crippen LogP) is 1.28. The van der Waals surface area contributed by atoms with Gasteiger partial charge in [-0.15, -0.1) is 4.85 Å². The first-order valence-electron chi connectivity index (χ1n) is 4.21. The molecule has 5 nitrogen and oxygen atoms in total. The number of benzene rings is 1. The van der Waals surface area contributed by atoms with Crippen LogP contribution in [-0.4, -0.2) is 17.0 Å². The van der Waals surface area contributed by atoms with Crippen molar-refractivity contribution in [3.8, 4) is 11.4 Å². The zero-order valence-electron chi connectivity index (χ0n) is 7.92. The van der Waals surface area contributed by atoms with Gasteiger partial charge in [0.25, 0.3) is 0 Å². The van der Waals surface area contributed by atoms with Gasteiger partial charge in [0.15, 0.2) is 5.69 Å². The molecule has 1 aromatic heterocycles. The Bertz CT molecular complexity index is 484. The smallest absolute Gasteiger partial charge is 0.240 e. The summed E-state index contributed by atoms with van der Waals surface area (Å²) in [6.45, 7) is 0. The number of aromatic nitrogens is 3. The van der Waals surface area contributed by atoms with Crippen molar-refractivity contribution in [3.63, 3.8) is 0 Å². The number of para-hydroxylation sites is 2. The third kappa shape index (κ3) is 1.68. The van der Waals surface area contributed by atoms with Crippen molar-refractivity contribution >= 4 is 15.9 Å². The van der Waals surface area contributed by atoms with Crippen molar-refractivity contribution in [1.29, 1.82) is 0 Å². The molecule has 0 saturated heterocycles. The van der Waals surface area contributed by atoms with Crippen LogP contribution in [0.4, 0.5) is 0 Å². The van der Waals surface area contributed by atoms with Gasteiger partial charge < -0.3 is 9.94 Å². The number of methoxy groups -OCH3 is 1. The Labute approximate surface area is 94.6 Å². The summed E-state index contributed by atoms with van der Waals surface area (Å²) in [5, 5.41) is 15.5. The average molecular weight is 270 g/mol. The summed E-state index contributed by atoms with van der Waals surface area (Å²) < 4.78 is 5.49. The van der Waals surface area contributed by atoms with Gasteiger partial charge in [-0.2, -0.15) is 0 Å². The lowest BCUT2D eigenvalue weighted by Crippen LogP contribution is -2.37. The molecule has 2 rings (SSSR count). The van der Waals surface area contributed by atoms with Crippen LogP contribution in [0.3, 0.4) is 0 Å². The maximum absolute atomic E-state index is 11.6. The van der Waals surface area contributed by atoms with Crippen LogP contribution in [0.1, 0.15) is 0 Å². The first-order chi connectivity index (χ1) is 7.24. The largest absolute Gasteiger partial charge is 0.691 e. The van der Waals surface area contributed by atoms with Gasteiger partial charge in [0.05, 0.1) is 7.11 Å². The Morgan fingerprint density at radius 1 is 1.47 bits per heavy atom. The summed E-state index contributed by atoms with van der Waals surface area (Å²) >= 11 is 3.09. The van der Waals surface area contributed by atoms with Crippen molar-refractivity contribution < 1.29 is 9.58 Å². The van der Waals surface area contributed by atoms with E-state index in [2.05, 4.69) is 21.0 Å². The Balaban J connectivity index is 2.58. The second-order valence-corrected chi connectivity index (χ2v) is 3.61. The Morgan fingerprint density at radius 2 is 2.20 bits per heavy atom.